The van der Waals surface area contributed by atoms with Crippen LogP contribution in [0.3, 0.4) is 0 Å². The molecule has 0 aliphatic heterocycles. The monoisotopic (exact) mass is 293 g/mol. The molecule has 0 aliphatic rings. The SMILES string of the molecule is Cn1nc(C(N)c2cccc3ccsc23)c2ccccc21. The van der Waals surface area contributed by atoms with Crippen molar-refractivity contribution in [2.75, 3.05) is 0 Å². The Bertz CT molecular complexity index is 935. The first kappa shape index (κ1) is 12.6. The van der Waals surface area contributed by atoms with Crippen LogP contribution in [0.15, 0.2) is 53.9 Å². The predicted molar refractivity (Wildman–Crippen MR) is 88.6 cm³/mol. The van der Waals surface area contributed by atoms with Crippen LogP contribution in [0.2, 0.25) is 0 Å². The summed E-state index contributed by atoms with van der Waals surface area (Å²) in [7, 11) is 1.96. The van der Waals surface area contributed by atoms with Gasteiger partial charge in [0.1, 0.15) is 0 Å². The van der Waals surface area contributed by atoms with Gasteiger partial charge in [-0.05, 0) is 28.5 Å². The van der Waals surface area contributed by atoms with Gasteiger partial charge in [0, 0.05) is 17.1 Å². The first-order valence-corrected chi connectivity index (χ1v) is 7.77. The van der Waals surface area contributed by atoms with Gasteiger partial charge >= 0.3 is 0 Å². The predicted octanol–water partition coefficient (Wildman–Crippen LogP) is 3.84. The van der Waals surface area contributed by atoms with E-state index < -0.39 is 0 Å². The van der Waals surface area contributed by atoms with Crippen LogP contribution in [0.5, 0.6) is 0 Å². The quantitative estimate of drug-likeness (QED) is 0.610. The Kier molecular flexibility index (Phi) is 2.80. The largest absolute Gasteiger partial charge is 0.319 e. The Balaban J connectivity index is 1.94. The van der Waals surface area contributed by atoms with Gasteiger partial charge in [-0.25, -0.2) is 0 Å². The summed E-state index contributed by atoms with van der Waals surface area (Å²) in [6, 6.07) is 16.4. The summed E-state index contributed by atoms with van der Waals surface area (Å²) in [5.41, 5.74) is 9.75. The van der Waals surface area contributed by atoms with Crippen molar-refractivity contribution >= 4 is 32.3 Å². The molecule has 2 heterocycles. The zero-order valence-corrected chi connectivity index (χ0v) is 12.5. The highest BCUT2D eigenvalue weighted by atomic mass is 32.1. The molecule has 0 spiro atoms. The molecule has 0 saturated heterocycles. The summed E-state index contributed by atoms with van der Waals surface area (Å²) >= 11 is 1.73. The molecule has 4 heteroatoms. The number of aryl methyl sites for hydroxylation is 1. The Morgan fingerprint density at radius 1 is 1.10 bits per heavy atom. The van der Waals surface area contributed by atoms with Crippen LogP contribution in [0.25, 0.3) is 21.0 Å². The van der Waals surface area contributed by atoms with E-state index in [4.69, 9.17) is 5.73 Å². The van der Waals surface area contributed by atoms with Crippen molar-refractivity contribution in [3.05, 3.63) is 65.2 Å². The van der Waals surface area contributed by atoms with Crippen LogP contribution in [-0.2, 0) is 7.05 Å². The molecule has 2 N–H and O–H groups in total. The second kappa shape index (κ2) is 4.69. The third-order valence-electron chi connectivity index (χ3n) is 3.93. The zero-order valence-electron chi connectivity index (χ0n) is 11.7. The molecule has 0 saturated carbocycles. The number of hydrogen-bond acceptors (Lipinski definition) is 3. The molecule has 1 atom stereocenters. The fraction of sp³-hybridized carbons (Fsp3) is 0.118. The molecule has 1 unspecified atom stereocenters. The molecule has 2 aromatic carbocycles. The summed E-state index contributed by atoms with van der Waals surface area (Å²) in [6.07, 6.45) is 0. The van der Waals surface area contributed by atoms with E-state index in [1.165, 1.54) is 10.1 Å². The highest BCUT2D eigenvalue weighted by Gasteiger charge is 2.19. The van der Waals surface area contributed by atoms with Gasteiger partial charge in [-0.3, -0.25) is 4.68 Å². The van der Waals surface area contributed by atoms with E-state index in [9.17, 15) is 0 Å². The fourth-order valence-corrected chi connectivity index (χ4v) is 3.83. The number of rotatable bonds is 2. The Hall–Kier alpha value is -2.17. The topological polar surface area (TPSA) is 43.8 Å². The van der Waals surface area contributed by atoms with Crippen molar-refractivity contribution in [3.63, 3.8) is 0 Å². The Morgan fingerprint density at radius 3 is 2.86 bits per heavy atom. The Morgan fingerprint density at radius 2 is 1.95 bits per heavy atom. The normalized spacial score (nSPS) is 13.0. The third-order valence-corrected chi connectivity index (χ3v) is 4.90. The van der Waals surface area contributed by atoms with Crippen LogP contribution in [-0.4, -0.2) is 9.78 Å². The van der Waals surface area contributed by atoms with E-state index in [1.807, 2.05) is 23.9 Å². The van der Waals surface area contributed by atoms with Crippen molar-refractivity contribution < 1.29 is 0 Å². The minimum absolute atomic E-state index is 0.210. The van der Waals surface area contributed by atoms with Crippen molar-refractivity contribution in [1.82, 2.24) is 9.78 Å². The molecular formula is C17H15N3S. The lowest BCUT2D eigenvalue weighted by atomic mass is 10.0. The number of nitrogens with zero attached hydrogens (tertiary/aromatic N) is 2. The zero-order chi connectivity index (χ0) is 14.4. The Labute approximate surface area is 126 Å². The summed E-state index contributed by atoms with van der Waals surface area (Å²) in [6.45, 7) is 0. The van der Waals surface area contributed by atoms with E-state index >= 15 is 0 Å². The van der Waals surface area contributed by atoms with E-state index in [-0.39, 0.29) is 6.04 Å². The van der Waals surface area contributed by atoms with Crippen molar-refractivity contribution in [3.8, 4) is 0 Å². The fourth-order valence-electron chi connectivity index (χ4n) is 2.88. The molecule has 2 aromatic heterocycles. The molecule has 3 nitrogen and oxygen atoms in total. The molecule has 0 bridgehead atoms. The highest BCUT2D eigenvalue weighted by Crippen LogP contribution is 2.33. The average Bonchev–Trinajstić information content (AvgIpc) is 3.11. The second-order valence-corrected chi connectivity index (χ2v) is 6.11. The van der Waals surface area contributed by atoms with Gasteiger partial charge in [0.2, 0.25) is 0 Å². The van der Waals surface area contributed by atoms with Crippen molar-refractivity contribution in [2.45, 2.75) is 6.04 Å². The van der Waals surface area contributed by atoms with Gasteiger partial charge in [0.25, 0.3) is 0 Å². The molecule has 0 fully saturated rings. The molecule has 104 valence electrons. The number of fused-ring (bicyclic) bond motifs is 2. The van der Waals surface area contributed by atoms with Gasteiger partial charge in [-0.2, -0.15) is 5.10 Å². The second-order valence-electron chi connectivity index (χ2n) is 5.19. The lowest BCUT2D eigenvalue weighted by molar-refractivity contribution is 0.735. The first-order chi connectivity index (χ1) is 10.3. The number of aromatic nitrogens is 2. The standard InChI is InChI=1S/C17H15N3S/c1-20-14-8-3-2-6-12(14)16(19-20)15(18)13-7-4-5-11-9-10-21-17(11)13/h2-10,15H,18H2,1H3. The van der Waals surface area contributed by atoms with Gasteiger partial charge in [-0.1, -0.05) is 36.4 Å². The van der Waals surface area contributed by atoms with E-state index in [1.54, 1.807) is 11.3 Å². The lowest BCUT2D eigenvalue weighted by Gasteiger charge is -2.11. The number of thiophene rings is 1. The van der Waals surface area contributed by atoms with Gasteiger partial charge in [0.15, 0.2) is 0 Å². The van der Waals surface area contributed by atoms with Crippen LogP contribution in [0, 0.1) is 0 Å². The van der Waals surface area contributed by atoms with Crippen molar-refractivity contribution in [1.29, 1.82) is 0 Å². The number of hydrogen-bond donors (Lipinski definition) is 1. The minimum Gasteiger partial charge on any atom is -0.319 e. The maximum Gasteiger partial charge on any atom is 0.0916 e. The summed E-state index contributed by atoms with van der Waals surface area (Å²) in [5.74, 6) is 0. The van der Waals surface area contributed by atoms with Crippen LogP contribution >= 0.6 is 11.3 Å². The smallest absolute Gasteiger partial charge is 0.0916 e. The van der Waals surface area contributed by atoms with Gasteiger partial charge in [0.05, 0.1) is 17.3 Å². The van der Waals surface area contributed by atoms with Crippen LogP contribution < -0.4 is 5.73 Å². The van der Waals surface area contributed by atoms with E-state index in [0.717, 1.165) is 22.2 Å². The molecule has 4 rings (SSSR count). The summed E-state index contributed by atoms with van der Waals surface area (Å²) < 4.78 is 3.15. The highest BCUT2D eigenvalue weighted by molar-refractivity contribution is 7.17. The molecule has 0 amide bonds. The molecule has 21 heavy (non-hydrogen) atoms. The molecule has 0 radical (unpaired) electrons. The van der Waals surface area contributed by atoms with Crippen molar-refractivity contribution in [2.24, 2.45) is 12.8 Å². The molecule has 4 aromatic rings. The van der Waals surface area contributed by atoms with Crippen LogP contribution in [0.1, 0.15) is 17.3 Å². The number of nitrogens with two attached hydrogens (primary N) is 1. The van der Waals surface area contributed by atoms with Crippen LogP contribution in [0.4, 0.5) is 0 Å². The maximum atomic E-state index is 6.55. The van der Waals surface area contributed by atoms with Gasteiger partial charge in [-0.15, -0.1) is 11.3 Å². The molecule has 0 aliphatic carbocycles. The summed E-state index contributed by atoms with van der Waals surface area (Å²) in [4.78, 5) is 0. The van der Waals surface area contributed by atoms with E-state index in [2.05, 4.69) is 46.9 Å². The van der Waals surface area contributed by atoms with E-state index in [0.29, 0.717) is 0 Å². The van der Waals surface area contributed by atoms with Gasteiger partial charge < -0.3 is 5.73 Å². The lowest BCUT2D eigenvalue weighted by Crippen LogP contribution is -2.13. The number of para-hydroxylation sites is 1. The average molecular weight is 293 g/mol. The molecular weight excluding hydrogens is 278 g/mol. The first-order valence-electron chi connectivity index (χ1n) is 6.89. The minimum atomic E-state index is -0.210. The third kappa shape index (κ3) is 1.87. The maximum absolute atomic E-state index is 6.55. The summed E-state index contributed by atoms with van der Waals surface area (Å²) in [5, 5.41) is 9.13. The number of benzene rings is 2.